The fourth-order valence-electron chi connectivity index (χ4n) is 1.70. The number of thioether (sulfide) groups is 1. The first-order chi connectivity index (χ1) is 9.53. The van der Waals surface area contributed by atoms with Crippen LogP contribution in [-0.2, 0) is 16.6 Å². The van der Waals surface area contributed by atoms with E-state index in [4.69, 9.17) is 4.42 Å². The van der Waals surface area contributed by atoms with Gasteiger partial charge in [-0.15, -0.1) is 0 Å². The monoisotopic (exact) mass is 320 g/mol. The molecule has 7 heteroatoms. The highest BCUT2D eigenvalue weighted by molar-refractivity contribution is 7.98. The molecule has 0 saturated heterocycles. The highest BCUT2D eigenvalue weighted by Gasteiger charge is 2.22. The second kappa shape index (κ2) is 8.71. The van der Waals surface area contributed by atoms with E-state index in [0.29, 0.717) is 12.3 Å². The molecule has 2 N–H and O–H groups in total. The summed E-state index contributed by atoms with van der Waals surface area (Å²) >= 11 is 1.62. The maximum atomic E-state index is 12.2. The molecule has 0 aromatic carbocycles. The number of nitrogens with one attached hydrogen (secondary N) is 2. The molecular formula is C13H24N2O3S2. The van der Waals surface area contributed by atoms with Crippen LogP contribution in [0, 0.1) is 0 Å². The molecule has 0 amide bonds. The molecule has 0 spiro atoms. The van der Waals surface area contributed by atoms with Crippen molar-refractivity contribution in [3.05, 3.63) is 17.9 Å². The molecule has 0 aliphatic carbocycles. The van der Waals surface area contributed by atoms with Gasteiger partial charge in [0.25, 0.3) is 10.0 Å². The van der Waals surface area contributed by atoms with E-state index in [-0.39, 0.29) is 11.1 Å². The van der Waals surface area contributed by atoms with Crippen LogP contribution < -0.4 is 10.0 Å². The zero-order valence-electron chi connectivity index (χ0n) is 12.3. The van der Waals surface area contributed by atoms with E-state index in [9.17, 15) is 8.42 Å². The Balaban J connectivity index is 2.67. The SMILES string of the molecule is CCCNCc1ccc(S(=O)(=O)NC(CC)CSC)o1. The Morgan fingerprint density at radius 3 is 2.70 bits per heavy atom. The van der Waals surface area contributed by atoms with E-state index in [0.717, 1.165) is 25.1 Å². The molecule has 0 aliphatic rings. The van der Waals surface area contributed by atoms with Crippen molar-refractivity contribution in [1.29, 1.82) is 0 Å². The van der Waals surface area contributed by atoms with Gasteiger partial charge < -0.3 is 9.73 Å². The molecule has 0 radical (unpaired) electrons. The van der Waals surface area contributed by atoms with Crippen LogP contribution in [0.5, 0.6) is 0 Å². The third-order valence-corrected chi connectivity index (χ3v) is 4.94. The minimum Gasteiger partial charge on any atom is -0.447 e. The lowest BCUT2D eigenvalue weighted by Crippen LogP contribution is -2.35. The van der Waals surface area contributed by atoms with E-state index in [1.54, 1.807) is 17.8 Å². The molecule has 0 bridgehead atoms. The standard InChI is InChI=1S/C13H24N2O3S2/c1-4-8-14-9-12-6-7-13(18-12)20(16,17)15-11(5-2)10-19-3/h6-7,11,14-15H,4-5,8-10H2,1-3H3. The predicted molar refractivity (Wildman–Crippen MR) is 83.5 cm³/mol. The number of sulfonamides is 1. The Kier molecular flexibility index (Phi) is 7.65. The summed E-state index contributed by atoms with van der Waals surface area (Å²) in [6.45, 7) is 5.47. The molecule has 1 aromatic heterocycles. The van der Waals surface area contributed by atoms with E-state index in [2.05, 4.69) is 17.0 Å². The Hall–Kier alpha value is -0.500. The first kappa shape index (κ1) is 17.6. The quantitative estimate of drug-likeness (QED) is 0.647. The molecule has 116 valence electrons. The van der Waals surface area contributed by atoms with Crippen LogP contribution in [0.3, 0.4) is 0 Å². The molecule has 5 nitrogen and oxygen atoms in total. The molecule has 0 aliphatic heterocycles. The van der Waals surface area contributed by atoms with Crippen molar-refractivity contribution in [3.8, 4) is 0 Å². The summed E-state index contributed by atoms with van der Waals surface area (Å²) in [5, 5.41) is 3.17. The van der Waals surface area contributed by atoms with Crippen molar-refractivity contribution >= 4 is 21.8 Å². The topological polar surface area (TPSA) is 71.3 Å². The third-order valence-electron chi connectivity index (χ3n) is 2.81. The van der Waals surface area contributed by atoms with Crippen molar-refractivity contribution in [2.45, 2.75) is 44.4 Å². The van der Waals surface area contributed by atoms with E-state index >= 15 is 0 Å². The average molecular weight is 320 g/mol. The normalized spacial score (nSPS) is 13.6. The van der Waals surface area contributed by atoms with E-state index < -0.39 is 10.0 Å². The highest BCUT2D eigenvalue weighted by Crippen LogP contribution is 2.15. The van der Waals surface area contributed by atoms with Crippen molar-refractivity contribution in [2.24, 2.45) is 0 Å². The van der Waals surface area contributed by atoms with Gasteiger partial charge >= 0.3 is 0 Å². The number of rotatable bonds is 10. The summed E-state index contributed by atoms with van der Waals surface area (Å²) in [5.41, 5.74) is 0. The molecule has 1 heterocycles. The average Bonchev–Trinajstić information content (AvgIpc) is 2.88. The molecule has 20 heavy (non-hydrogen) atoms. The van der Waals surface area contributed by atoms with Gasteiger partial charge in [-0.3, -0.25) is 0 Å². The molecule has 1 aromatic rings. The summed E-state index contributed by atoms with van der Waals surface area (Å²) in [5.74, 6) is 1.39. The van der Waals surface area contributed by atoms with Crippen molar-refractivity contribution in [3.63, 3.8) is 0 Å². The maximum absolute atomic E-state index is 12.2. The molecular weight excluding hydrogens is 296 g/mol. The van der Waals surface area contributed by atoms with Crippen LogP contribution >= 0.6 is 11.8 Å². The van der Waals surface area contributed by atoms with Gasteiger partial charge in [0, 0.05) is 11.8 Å². The lowest BCUT2D eigenvalue weighted by Gasteiger charge is -2.14. The Labute approximate surface area is 125 Å². The molecule has 1 atom stereocenters. The fourth-order valence-corrected chi connectivity index (χ4v) is 3.80. The summed E-state index contributed by atoms with van der Waals surface area (Å²) in [6, 6.07) is 3.14. The Morgan fingerprint density at radius 1 is 1.35 bits per heavy atom. The van der Waals surface area contributed by atoms with Gasteiger partial charge in [0.2, 0.25) is 5.09 Å². The van der Waals surface area contributed by atoms with E-state index in [1.165, 1.54) is 6.07 Å². The van der Waals surface area contributed by atoms with Crippen LogP contribution in [0.15, 0.2) is 21.6 Å². The number of hydrogen-bond donors (Lipinski definition) is 2. The van der Waals surface area contributed by atoms with Crippen LogP contribution in [0.1, 0.15) is 32.4 Å². The minimum absolute atomic E-state index is 0.00893. The Morgan fingerprint density at radius 2 is 2.10 bits per heavy atom. The summed E-state index contributed by atoms with van der Waals surface area (Å²) < 4.78 is 32.4. The maximum Gasteiger partial charge on any atom is 0.274 e. The number of hydrogen-bond acceptors (Lipinski definition) is 5. The van der Waals surface area contributed by atoms with Crippen LogP contribution in [-0.4, -0.2) is 33.0 Å². The zero-order chi connectivity index (χ0) is 15.0. The smallest absolute Gasteiger partial charge is 0.274 e. The largest absolute Gasteiger partial charge is 0.447 e. The van der Waals surface area contributed by atoms with Crippen LogP contribution in [0.4, 0.5) is 0 Å². The van der Waals surface area contributed by atoms with Crippen molar-refractivity contribution in [2.75, 3.05) is 18.6 Å². The van der Waals surface area contributed by atoms with Crippen LogP contribution in [0.25, 0.3) is 0 Å². The lowest BCUT2D eigenvalue weighted by atomic mass is 10.3. The lowest BCUT2D eigenvalue weighted by molar-refractivity contribution is 0.398. The van der Waals surface area contributed by atoms with E-state index in [1.807, 2.05) is 13.2 Å². The number of furan rings is 1. The first-order valence-electron chi connectivity index (χ1n) is 6.84. The summed E-state index contributed by atoms with van der Waals surface area (Å²) in [7, 11) is -3.56. The summed E-state index contributed by atoms with van der Waals surface area (Å²) in [4.78, 5) is 0. The second-order valence-electron chi connectivity index (χ2n) is 4.58. The predicted octanol–water partition coefficient (Wildman–Crippen LogP) is 2.20. The van der Waals surface area contributed by atoms with Gasteiger partial charge in [0.1, 0.15) is 5.76 Å². The molecule has 0 fully saturated rings. The third kappa shape index (κ3) is 5.47. The highest BCUT2D eigenvalue weighted by atomic mass is 32.2. The van der Waals surface area contributed by atoms with Gasteiger partial charge in [-0.05, 0) is 37.8 Å². The molecule has 0 saturated carbocycles. The Bertz CT molecular complexity index is 486. The van der Waals surface area contributed by atoms with Gasteiger partial charge in [-0.1, -0.05) is 13.8 Å². The summed E-state index contributed by atoms with van der Waals surface area (Å²) in [6.07, 6.45) is 3.74. The van der Waals surface area contributed by atoms with Crippen molar-refractivity contribution in [1.82, 2.24) is 10.0 Å². The first-order valence-corrected chi connectivity index (χ1v) is 9.71. The van der Waals surface area contributed by atoms with Crippen molar-refractivity contribution < 1.29 is 12.8 Å². The fraction of sp³-hybridized carbons (Fsp3) is 0.692. The van der Waals surface area contributed by atoms with Gasteiger partial charge in [-0.25, -0.2) is 13.1 Å². The zero-order valence-corrected chi connectivity index (χ0v) is 13.9. The molecule has 1 unspecified atom stereocenters. The minimum atomic E-state index is -3.56. The van der Waals surface area contributed by atoms with Gasteiger partial charge in [0.05, 0.1) is 6.54 Å². The van der Waals surface area contributed by atoms with Gasteiger partial charge in [0.15, 0.2) is 0 Å². The van der Waals surface area contributed by atoms with Crippen LogP contribution in [0.2, 0.25) is 0 Å². The van der Waals surface area contributed by atoms with Gasteiger partial charge in [-0.2, -0.15) is 11.8 Å². The molecule has 1 rings (SSSR count). The second-order valence-corrected chi connectivity index (χ2v) is 7.13.